The second kappa shape index (κ2) is 8.07. The van der Waals surface area contributed by atoms with Gasteiger partial charge in [0.15, 0.2) is 0 Å². The summed E-state index contributed by atoms with van der Waals surface area (Å²) in [5, 5.41) is 3.35. The quantitative estimate of drug-likeness (QED) is 0.648. The molecule has 0 aliphatic heterocycles. The zero-order chi connectivity index (χ0) is 17.6. The predicted molar refractivity (Wildman–Crippen MR) is 101 cm³/mol. The highest BCUT2D eigenvalue weighted by atomic mass is 79.9. The van der Waals surface area contributed by atoms with Gasteiger partial charge in [0.25, 0.3) is 5.56 Å². The Labute approximate surface area is 153 Å². The molecular weight excluding hydrogens is 382 g/mol. The lowest BCUT2D eigenvalue weighted by Gasteiger charge is -2.08. The number of carbonyl (C=O) groups excluding carboxylic acids is 1. The van der Waals surface area contributed by atoms with Crippen LogP contribution in [0.25, 0.3) is 10.9 Å². The first-order valence-corrected chi connectivity index (χ1v) is 8.88. The Balaban J connectivity index is 1.57. The maximum atomic E-state index is 12.5. The molecule has 0 spiro atoms. The van der Waals surface area contributed by atoms with Gasteiger partial charge in [-0.25, -0.2) is 4.98 Å². The average Bonchev–Trinajstić information content (AvgIpc) is 2.62. The van der Waals surface area contributed by atoms with E-state index in [2.05, 4.69) is 38.4 Å². The maximum Gasteiger partial charge on any atom is 0.261 e. The fraction of sp³-hybridized carbons (Fsp3) is 0.211. The van der Waals surface area contributed by atoms with Crippen molar-refractivity contribution in [1.29, 1.82) is 0 Å². The summed E-state index contributed by atoms with van der Waals surface area (Å²) in [6.07, 6.45) is 3.18. The van der Waals surface area contributed by atoms with Gasteiger partial charge in [-0.15, -0.1) is 0 Å². The van der Waals surface area contributed by atoms with Gasteiger partial charge >= 0.3 is 0 Å². The predicted octanol–water partition coefficient (Wildman–Crippen LogP) is 2.91. The monoisotopic (exact) mass is 399 g/mol. The van der Waals surface area contributed by atoms with E-state index in [0.29, 0.717) is 17.4 Å². The molecule has 6 heteroatoms. The zero-order valence-electron chi connectivity index (χ0n) is 13.6. The van der Waals surface area contributed by atoms with Gasteiger partial charge in [0.2, 0.25) is 5.91 Å². The normalized spacial score (nSPS) is 10.8. The number of carbonyl (C=O) groups is 1. The van der Waals surface area contributed by atoms with Gasteiger partial charge in [-0.2, -0.15) is 0 Å². The van der Waals surface area contributed by atoms with E-state index in [0.717, 1.165) is 17.3 Å². The number of aromatic nitrogens is 2. The van der Waals surface area contributed by atoms with Crippen molar-refractivity contribution in [2.75, 3.05) is 6.54 Å². The third kappa shape index (κ3) is 4.54. The summed E-state index contributed by atoms with van der Waals surface area (Å²) in [5.74, 6) is -0.189. The Bertz CT molecular complexity index is 938. The summed E-state index contributed by atoms with van der Waals surface area (Å²) in [4.78, 5) is 28.8. The molecule has 3 rings (SSSR count). The molecule has 0 aliphatic carbocycles. The molecule has 1 amide bonds. The van der Waals surface area contributed by atoms with Gasteiger partial charge in [-0.3, -0.25) is 14.2 Å². The number of benzene rings is 2. The first kappa shape index (κ1) is 17.4. The van der Waals surface area contributed by atoms with Crippen molar-refractivity contribution >= 4 is 32.7 Å². The Morgan fingerprint density at radius 2 is 1.96 bits per heavy atom. The van der Waals surface area contributed by atoms with Gasteiger partial charge < -0.3 is 5.32 Å². The number of nitrogens with one attached hydrogen (secondary N) is 1. The highest BCUT2D eigenvalue weighted by molar-refractivity contribution is 9.10. The summed E-state index contributed by atoms with van der Waals surface area (Å²) >= 11 is 3.35. The van der Waals surface area contributed by atoms with E-state index < -0.39 is 0 Å². The number of fused-ring (bicyclic) bond motifs is 1. The molecule has 25 heavy (non-hydrogen) atoms. The number of aryl methyl sites for hydroxylation is 1. The molecule has 1 heterocycles. The van der Waals surface area contributed by atoms with E-state index in [1.165, 1.54) is 16.5 Å². The second-order valence-electron chi connectivity index (χ2n) is 5.78. The molecule has 0 radical (unpaired) electrons. The van der Waals surface area contributed by atoms with Crippen molar-refractivity contribution < 1.29 is 4.79 Å². The minimum atomic E-state index is -0.217. The summed E-state index contributed by atoms with van der Waals surface area (Å²) in [7, 11) is 0. The van der Waals surface area contributed by atoms with E-state index in [1.807, 2.05) is 24.3 Å². The van der Waals surface area contributed by atoms with Crippen LogP contribution in [-0.2, 0) is 17.8 Å². The number of hydrogen-bond acceptors (Lipinski definition) is 3. The molecule has 0 aliphatic rings. The van der Waals surface area contributed by atoms with E-state index in [4.69, 9.17) is 0 Å². The lowest BCUT2D eigenvalue weighted by molar-refractivity contribution is -0.121. The molecule has 5 nitrogen and oxygen atoms in total. The fourth-order valence-electron chi connectivity index (χ4n) is 2.62. The molecule has 128 valence electrons. The van der Waals surface area contributed by atoms with Crippen molar-refractivity contribution in [3.05, 3.63) is 75.2 Å². The molecule has 0 atom stereocenters. The summed E-state index contributed by atoms with van der Waals surface area (Å²) in [5.41, 5.74) is 1.65. The zero-order valence-corrected chi connectivity index (χ0v) is 15.2. The van der Waals surface area contributed by atoms with Crippen LogP contribution < -0.4 is 10.9 Å². The van der Waals surface area contributed by atoms with Crippen LogP contribution in [0.3, 0.4) is 0 Å². The number of nitrogens with zero attached hydrogens (tertiary/aromatic N) is 2. The first-order chi connectivity index (χ1) is 12.1. The fourth-order valence-corrected chi connectivity index (χ4v) is 2.98. The smallest absolute Gasteiger partial charge is 0.261 e. The molecule has 0 bridgehead atoms. The summed E-state index contributed by atoms with van der Waals surface area (Å²) < 4.78 is 2.14. The number of hydrogen-bond donors (Lipinski definition) is 1. The van der Waals surface area contributed by atoms with Gasteiger partial charge in [0, 0.05) is 11.0 Å². The van der Waals surface area contributed by atoms with Gasteiger partial charge in [-0.1, -0.05) is 46.3 Å². The molecule has 0 fully saturated rings. The first-order valence-electron chi connectivity index (χ1n) is 8.09. The van der Waals surface area contributed by atoms with E-state index in [1.54, 1.807) is 12.1 Å². The molecular formula is C19H18BrN3O2. The minimum Gasteiger partial charge on any atom is -0.355 e. The second-order valence-corrected chi connectivity index (χ2v) is 6.69. The average molecular weight is 400 g/mol. The van der Waals surface area contributed by atoms with Crippen LogP contribution in [0.15, 0.2) is 64.1 Å². The van der Waals surface area contributed by atoms with E-state index in [-0.39, 0.29) is 18.0 Å². The lowest BCUT2D eigenvalue weighted by atomic mass is 10.1. The van der Waals surface area contributed by atoms with Crippen molar-refractivity contribution in [2.45, 2.75) is 19.4 Å². The summed E-state index contributed by atoms with van der Waals surface area (Å²) in [6, 6.07) is 15.5. The third-order valence-corrected chi connectivity index (χ3v) is 4.40. The standard InChI is InChI=1S/C19H18BrN3O2/c20-15-8-9-17-16(11-15)19(25)23(13-22-17)12-18(24)21-10-4-7-14-5-2-1-3-6-14/h1-3,5-6,8-9,11,13H,4,7,10,12H2,(H,21,24). The highest BCUT2D eigenvalue weighted by Crippen LogP contribution is 2.14. The molecule has 0 unspecified atom stereocenters. The lowest BCUT2D eigenvalue weighted by Crippen LogP contribution is -2.33. The number of halogens is 1. The van der Waals surface area contributed by atoms with Gasteiger partial charge in [-0.05, 0) is 36.6 Å². The number of amides is 1. The van der Waals surface area contributed by atoms with E-state index >= 15 is 0 Å². The molecule has 0 saturated heterocycles. The van der Waals surface area contributed by atoms with Crippen LogP contribution in [-0.4, -0.2) is 22.0 Å². The van der Waals surface area contributed by atoms with Crippen LogP contribution >= 0.6 is 15.9 Å². The largest absolute Gasteiger partial charge is 0.355 e. The maximum absolute atomic E-state index is 12.5. The SMILES string of the molecule is O=C(Cn1cnc2ccc(Br)cc2c1=O)NCCCc1ccccc1. The van der Waals surface area contributed by atoms with Crippen molar-refractivity contribution in [3.8, 4) is 0 Å². The van der Waals surface area contributed by atoms with Gasteiger partial charge in [0.1, 0.15) is 6.54 Å². The van der Waals surface area contributed by atoms with Crippen LogP contribution in [0.4, 0.5) is 0 Å². The molecule has 1 aromatic heterocycles. The van der Waals surface area contributed by atoms with Crippen LogP contribution in [0.5, 0.6) is 0 Å². The van der Waals surface area contributed by atoms with E-state index in [9.17, 15) is 9.59 Å². The Hall–Kier alpha value is -2.47. The highest BCUT2D eigenvalue weighted by Gasteiger charge is 2.08. The molecule has 3 aromatic rings. The van der Waals surface area contributed by atoms with Crippen molar-refractivity contribution in [2.24, 2.45) is 0 Å². The van der Waals surface area contributed by atoms with Gasteiger partial charge in [0.05, 0.1) is 17.2 Å². The van der Waals surface area contributed by atoms with Crippen molar-refractivity contribution in [1.82, 2.24) is 14.9 Å². The molecule has 2 aromatic carbocycles. The number of rotatable bonds is 6. The molecule has 0 saturated carbocycles. The summed E-state index contributed by atoms with van der Waals surface area (Å²) in [6.45, 7) is 0.550. The Morgan fingerprint density at radius 1 is 1.16 bits per heavy atom. The minimum absolute atomic E-state index is 0.0282. The topological polar surface area (TPSA) is 64.0 Å². The van der Waals surface area contributed by atoms with Crippen LogP contribution in [0.2, 0.25) is 0 Å². The third-order valence-electron chi connectivity index (χ3n) is 3.91. The Kier molecular flexibility index (Phi) is 5.60. The van der Waals surface area contributed by atoms with Crippen LogP contribution in [0, 0.1) is 0 Å². The Morgan fingerprint density at radius 3 is 2.76 bits per heavy atom. The molecule has 1 N–H and O–H groups in total. The van der Waals surface area contributed by atoms with Crippen LogP contribution in [0.1, 0.15) is 12.0 Å². The van der Waals surface area contributed by atoms with Crippen molar-refractivity contribution in [3.63, 3.8) is 0 Å².